The monoisotopic (exact) mass is 919 g/mol. The summed E-state index contributed by atoms with van der Waals surface area (Å²) in [6.07, 6.45) is 3.19. The van der Waals surface area contributed by atoms with E-state index >= 15 is 0 Å². The minimum absolute atomic E-state index is 0.00302. The van der Waals surface area contributed by atoms with Crippen LogP contribution in [0, 0.1) is 17.3 Å². The number of amides is 4. The molecule has 4 N–H and O–H groups in total. The van der Waals surface area contributed by atoms with Gasteiger partial charge in [-0.05, 0) is 97.7 Å². The van der Waals surface area contributed by atoms with Gasteiger partial charge in [0, 0.05) is 93.7 Å². The van der Waals surface area contributed by atoms with Gasteiger partial charge in [-0.3, -0.25) is 34.0 Å². The summed E-state index contributed by atoms with van der Waals surface area (Å²) < 4.78 is 14.2. The number of methoxy groups -OCH3 is 1. The number of aromatic hydroxyl groups is 1. The van der Waals surface area contributed by atoms with E-state index in [1.165, 1.54) is 9.91 Å². The van der Waals surface area contributed by atoms with Crippen LogP contribution in [0.4, 0.5) is 0 Å². The number of pyridine rings is 1. The lowest BCUT2D eigenvalue weighted by Crippen LogP contribution is -2.62. The second-order valence-electron chi connectivity index (χ2n) is 20.0. The van der Waals surface area contributed by atoms with Crippen molar-refractivity contribution in [3.63, 3.8) is 0 Å². The van der Waals surface area contributed by atoms with Gasteiger partial charge in [-0.1, -0.05) is 39.8 Å². The van der Waals surface area contributed by atoms with Crippen molar-refractivity contribution in [3.8, 4) is 28.1 Å². The molecule has 0 aliphatic carbocycles. The van der Waals surface area contributed by atoms with E-state index in [0.29, 0.717) is 51.0 Å². The second kappa shape index (κ2) is 19.4. The molecule has 16 heteroatoms. The molecule has 0 radical (unpaired) electrons. The minimum Gasteiger partial charge on any atom is -0.508 e. The molecule has 4 amide bonds. The van der Waals surface area contributed by atoms with Crippen molar-refractivity contribution in [2.75, 3.05) is 46.9 Å². The van der Waals surface area contributed by atoms with Gasteiger partial charge in [0.2, 0.25) is 17.7 Å². The lowest BCUT2D eigenvalue weighted by atomic mass is 9.84. The molecular formula is C51H66N8O8. The zero-order chi connectivity index (χ0) is 47.9. The number of ether oxygens (including phenoxy) is 2. The summed E-state index contributed by atoms with van der Waals surface area (Å²) >= 11 is 0. The quantitative estimate of drug-likeness (QED) is 0.120. The van der Waals surface area contributed by atoms with Gasteiger partial charge in [0.1, 0.15) is 23.9 Å². The third kappa shape index (κ3) is 10.1. The van der Waals surface area contributed by atoms with E-state index in [0.717, 1.165) is 44.5 Å². The zero-order valence-electron chi connectivity index (χ0n) is 40.1. The molecule has 0 saturated carbocycles. The number of hydrogen-bond donors (Lipinski definition) is 4. The van der Waals surface area contributed by atoms with Crippen molar-refractivity contribution in [1.29, 1.82) is 0 Å². The maximum absolute atomic E-state index is 14.7. The van der Waals surface area contributed by atoms with E-state index in [-0.39, 0.29) is 67.5 Å². The number of likely N-dealkylation sites (N-methyl/N-ethyl adjacent to an activating group) is 1. The van der Waals surface area contributed by atoms with Crippen LogP contribution >= 0.6 is 0 Å². The molecular weight excluding hydrogens is 853 g/mol. The number of hydrazine groups is 1. The summed E-state index contributed by atoms with van der Waals surface area (Å²) in [7, 11) is 3.28. The van der Waals surface area contributed by atoms with Gasteiger partial charge >= 0.3 is 5.97 Å². The molecule has 5 atom stereocenters. The van der Waals surface area contributed by atoms with Crippen LogP contribution in [0.2, 0.25) is 0 Å². The molecule has 2 aromatic carbocycles. The Morgan fingerprint density at radius 1 is 1.07 bits per heavy atom. The summed E-state index contributed by atoms with van der Waals surface area (Å²) in [5, 5.41) is 19.8. The van der Waals surface area contributed by atoms with Crippen LogP contribution < -0.4 is 16.1 Å². The molecule has 4 aliphatic rings. The van der Waals surface area contributed by atoms with Gasteiger partial charge in [-0.25, -0.2) is 5.43 Å². The van der Waals surface area contributed by atoms with Crippen molar-refractivity contribution < 1.29 is 38.6 Å². The number of nitrogens with one attached hydrogen (secondary N) is 3. The predicted octanol–water partition coefficient (Wildman–Crippen LogP) is 4.75. The maximum Gasteiger partial charge on any atom is 0.324 e. The highest BCUT2D eigenvalue weighted by molar-refractivity contribution is 5.96. The van der Waals surface area contributed by atoms with Crippen LogP contribution in [-0.2, 0) is 52.8 Å². The average Bonchev–Trinajstić information content (AvgIpc) is 4.10. The van der Waals surface area contributed by atoms with Gasteiger partial charge in [-0.2, -0.15) is 0 Å². The van der Waals surface area contributed by atoms with Crippen molar-refractivity contribution in [3.05, 3.63) is 71.5 Å². The number of phenols is 1. The number of aromatic nitrogens is 2. The first-order valence-corrected chi connectivity index (χ1v) is 23.8. The lowest BCUT2D eigenvalue weighted by Gasteiger charge is -2.40. The minimum atomic E-state index is -1.15. The highest BCUT2D eigenvalue weighted by Crippen LogP contribution is 2.42. The zero-order valence-corrected chi connectivity index (χ0v) is 40.1. The first-order valence-electron chi connectivity index (χ1n) is 23.8. The number of phenolic OH excluding ortho intramolecular Hbond substituents is 1. The molecule has 0 spiro atoms. The number of rotatable bonds is 11. The first kappa shape index (κ1) is 47.6. The SMILES string of the molecule is CCn1c(-c2cccnc2[C@H](C)OC)c2c3cc(ccc31)-c1cc(O)cc(c1)C[C@H](NC(=O)[C@H](C(C)C)N(C)C(=O)CC1CN(C(=O)[C@@H]3CN3)C1)C(=O)N1CCC[C@H](N1)C(=O)OCC(C)(C)C2. The second-order valence-corrected chi connectivity index (χ2v) is 20.0. The average molecular weight is 919 g/mol. The summed E-state index contributed by atoms with van der Waals surface area (Å²) in [6, 6.07) is 12.5. The topological polar surface area (TPSA) is 198 Å². The standard InChI is InChI=1S/C51H66N8O8/c1-9-58-42-15-14-33-23-37(42)38(46(58)36-12-10-16-52-44(36)30(4)66-8)24-51(5,6)28-67-50(65)39-13-11-17-59(55-39)49(64)40(20-31-18-34(33)22-35(60)19-31)54-47(62)45(29(2)3)56(7)43(61)21-32-26-57(27-32)48(63)41-25-53-41/h10,12,14-16,18-19,22-23,29-30,32,39-41,45,53,55,60H,9,11,13,17,20-21,24-28H2,1-8H3,(H,54,62)/t30-,39-,40-,41-,45-/m0/s1. The Hall–Kier alpha value is -5.84. The molecule has 4 aliphatic heterocycles. The number of likely N-dealkylation sites (tertiary alicyclic amines) is 1. The number of nitrogens with zero attached hydrogens (tertiary/aromatic N) is 5. The summed E-state index contributed by atoms with van der Waals surface area (Å²) in [6.45, 7) is 14.7. The van der Waals surface area contributed by atoms with Crippen LogP contribution in [0.3, 0.4) is 0 Å². The van der Waals surface area contributed by atoms with E-state index in [2.05, 4.69) is 59.6 Å². The van der Waals surface area contributed by atoms with Crippen LogP contribution in [0.5, 0.6) is 5.75 Å². The van der Waals surface area contributed by atoms with Gasteiger partial charge in [0.15, 0.2) is 0 Å². The van der Waals surface area contributed by atoms with Crippen molar-refractivity contribution in [2.24, 2.45) is 17.3 Å². The molecule has 3 fully saturated rings. The Labute approximate surface area is 392 Å². The molecule has 8 rings (SSSR count). The Bertz CT molecular complexity index is 2540. The molecule has 4 aromatic rings. The molecule has 6 heterocycles. The third-order valence-corrected chi connectivity index (χ3v) is 13.8. The Kier molecular flexibility index (Phi) is 13.8. The number of cyclic esters (lactones) is 1. The van der Waals surface area contributed by atoms with Gasteiger partial charge in [-0.15, -0.1) is 0 Å². The number of fused-ring (bicyclic) bond motifs is 6. The maximum atomic E-state index is 14.7. The van der Waals surface area contributed by atoms with Crippen molar-refractivity contribution in [1.82, 2.24) is 40.4 Å². The third-order valence-electron chi connectivity index (χ3n) is 13.8. The fourth-order valence-corrected chi connectivity index (χ4v) is 10.1. The summed E-state index contributed by atoms with van der Waals surface area (Å²) in [5.41, 5.74) is 9.59. The van der Waals surface area contributed by atoms with Crippen molar-refractivity contribution >= 4 is 40.5 Å². The number of benzene rings is 2. The van der Waals surface area contributed by atoms with Gasteiger partial charge in [0.05, 0.1) is 30.1 Å². The number of hydrogen-bond acceptors (Lipinski definition) is 11. The van der Waals surface area contributed by atoms with E-state index in [4.69, 9.17) is 14.5 Å². The van der Waals surface area contributed by atoms with Gasteiger partial charge in [0.25, 0.3) is 5.91 Å². The van der Waals surface area contributed by atoms with E-state index in [9.17, 15) is 29.1 Å². The number of carbonyl (C=O) groups is 5. The lowest BCUT2D eigenvalue weighted by molar-refractivity contribution is -0.155. The molecule has 0 unspecified atom stereocenters. The summed E-state index contributed by atoms with van der Waals surface area (Å²) in [5.74, 6) is -1.94. The van der Waals surface area contributed by atoms with Crippen molar-refractivity contribution in [2.45, 2.75) is 110 Å². The number of carbonyl (C=O) groups excluding carboxylic acids is 5. The molecule has 6 bridgehead atoms. The fraction of sp³-hybridized carbons (Fsp3) is 0.529. The van der Waals surface area contributed by atoms with E-state index in [1.54, 1.807) is 37.4 Å². The normalized spacial score (nSPS) is 21.8. The highest BCUT2D eigenvalue weighted by atomic mass is 16.5. The molecule has 3 saturated heterocycles. The Morgan fingerprint density at radius 3 is 2.54 bits per heavy atom. The number of esters is 1. The van der Waals surface area contributed by atoms with Crippen LogP contribution in [0.1, 0.15) is 83.7 Å². The van der Waals surface area contributed by atoms with E-state index < -0.39 is 41.3 Å². The molecule has 358 valence electrons. The van der Waals surface area contributed by atoms with E-state index in [1.807, 2.05) is 39.0 Å². The largest absolute Gasteiger partial charge is 0.508 e. The first-order chi connectivity index (χ1) is 32.0. The van der Waals surface area contributed by atoms with Crippen LogP contribution in [0.25, 0.3) is 33.3 Å². The van der Waals surface area contributed by atoms with Gasteiger partial charge < -0.3 is 39.6 Å². The fourth-order valence-electron chi connectivity index (χ4n) is 10.1. The molecule has 2 aromatic heterocycles. The van der Waals surface area contributed by atoms with Crippen LogP contribution in [0.15, 0.2) is 54.7 Å². The summed E-state index contributed by atoms with van der Waals surface area (Å²) in [4.78, 5) is 77.3. The Balaban J connectivity index is 1.16. The predicted molar refractivity (Wildman–Crippen MR) is 253 cm³/mol. The molecule has 67 heavy (non-hydrogen) atoms. The molecule has 16 nitrogen and oxygen atoms in total. The number of aryl methyl sites for hydroxylation is 1. The Morgan fingerprint density at radius 2 is 1.84 bits per heavy atom. The smallest absolute Gasteiger partial charge is 0.324 e. The highest BCUT2D eigenvalue weighted by Gasteiger charge is 2.42. The van der Waals surface area contributed by atoms with Crippen LogP contribution in [-0.4, -0.2) is 130 Å².